The molecule has 0 aromatic carbocycles. The molecule has 0 unspecified atom stereocenters. The van der Waals surface area contributed by atoms with Crippen molar-refractivity contribution in [1.82, 2.24) is 0 Å². The fraction of sp³-hybridized carbons (Fsp3) is 1.00. The SMILES string of the molecule is CCP(CC)CC.CCP(CC)CC.[Ni][Br]. The van der Waals surface area contributed by atoms with Gasteiger partial charge in [0.25, 0.3) is 0 Å². The van der Waals surface area contributed by atoms with Gasteiger partial charge < -0.3 is 0 Å². The van der Waals surface area contributed by atoms with Crippen LogP contribution in [0.5, 0.6) is 0 Å². The molecule has 0 aromatic heterocycles. The van der Waals surface area contributed by atoms with E-state index in [0.29, 0.717) is 15.8 Å². The Morgan fingerprint density at radius 2 is 0.688 bits per heavy atom. The van der Waals surface area contributed by atoms with Crippen LogP contribution >= 0.6 is 30.1 Å². The molecule has 0 rings (SSSR count). The van der Waals surface area contributed by atoms with Gasteiger partial charge in [-0.1, -0.05) is 41.5 Å². The molecule has 0 radical (unpaired) electrons. The van der Waals surface area contributed by atoms with E-state index in [1.807, 2.05) is 0 Å². The van der Waals surface area contributed by atoms with Crippen LogP contribution in [0.1, 0.15) is 41.5 Å². The third-order valence-electron chi connectivity index (χ3n) is 2.68. The van der Waals surface area contributed by atoms with Crippen molar-refractivity contribution in [3.63, 3.8) is 0 Å². The van der Waals surface area contributed by atoms with Crippen LogP contribution < -0.4 is 0 Å². The molecule has 0 aliphatic heterocycles. The van der Waals surface area contributed by atoms with Crippen molar-refractivity contribution >= 4 is 30.1 Å². The van der Waals surface area contributed by atoms with Gasteiger partial charge in [0.05, 0.1) is 0 Å². The van der Waals surface area contributed by atoms with Crippen molar-refractivity contribution < 1.29 is 13.7 Å². The minimum absolute atomic E-state index is 0.446. The zero-order valence-corrected chi connectivity index (χ0v) is 16.2. The second kappa shape index (κ2) is 22.1. The van der Waals surface area contributed by atoms with Crippen molar-refractivity contribution in [3.8, 4) is 0 Å². The number of rotatable bonds is 6. The maximum atomic E-state index is 3.69. The second-order valence-electron chi connectivity index (χ2n) is 3.24. The molecule has 0 saturated carbocycles. The Morgan fingerprint density at radius 3 is 0.688 bits per heavy atom. The summed E-state index contributed by atoms with van der Waals surface area (Å²) in [5, 5.41) is 0. The summed E-state index contributed by atoms with van der Waals surface area (Å²) in [6, 6.07) is 0. The molecule has 0 nitrogen and oxygen atoms in total. The predicted octanol–water partition coefficient (Wildman–Crippen LogP) is 5.90. The van der Waals surface area contributed by atoms with Gasteiger partial charge in [-0.2, -0.15) is 0 Å². The Labute approximate surface area is 122 Å². The molecule has 0 aliphatic carbocycles. The van der Waals surface area contributed by atoms with E-state index in [1.165, 1.54) is 37.0 Å². The number of halogens is 1. The summed E-state index contributed by atoms with van der Waals surface area (Å²) in [7, 11) is 0.892. The molecular formula is C12H30BrNiP2. The van der Waals surface area contributed by atoms with E-state index in [1.54, 1.807) is 0 Å². The molecule has 0 bridgehead atoms. The first-order valence-corrected chi connectivity index (χ1v) is 12.5. The summed E-state index contributed by atoms with van der Waals surface area (Å²) >= 11 is 6.25. The van der Waals surface area contributed by atoms with Crippen molar-refractivity contribution in [3.05, 3.63) is 0 Å². The topological polar surface area (TPSA) is 0 Å². The average Bonchev–Trinajstić information content (AvgIpc) is 2.37. The van der Waals surface area contributed by atoms with Crippen LogP contribution in [0.25, 0.3) is 0 Å². The summed E-state index contributed by atoms with van der Waals surface area (Å²) in [6.07, 6.45) is 8.51. The van der Waals surface area contributed by atoms with E-state index in [9.17, 15) is 0 Å². The zero-order chi connectivity index (χ0) is 13.4. The van der Waals surface area contributed by atoms with E-state index in [-0.39, 0.29) is 0 Å². The molecule has 0 aliphatic rings. The van der Waals surface area contributed by atoms with Gasteiger partial charge in [0.1, 0.15) is 0 Å². The molecule has 4 heteroatoms. The van der Waals surface area contributed by atoms with Gasteiger partial charge in [-0.15, -0.1) is 15.8 Å². The van der Waals surface area contributed by atoms with E-state index >= 15 is 0 Å². The third kappa shape index (κ3) is 18.2. The quantitative estimate of drug-likeness (QED) is 0.401. The fourth-order valence-corrected chi connectivity index (χ4v) is 4.02. The minimum atomic E-state index is 0.446. The maximum absolute atomic E-state index is 3.69. The molecule has 0 aromatic rings. The Bertz CT molecular complexity index is 74.0. The molecule has 0 amide bonds. The standard InChI is InChI=1S/2C6H15P.BrH.Ni/c2*1-4-7(5-2)6-3;;/h2*4-6H2,1-3H3;1H;/q;;;+1/p-1. The van der Waals surface area contributed by atoms with Crippen LogP contribution in [-0.4, -0.2) is 37.0 Å². The zero-order valence-electron chi connectivity index (χ0n) is 11.8. The fourth-order valence-electron chi connectivity index (χ4n) is 1.34. The molecule has 0 spiro atoms. The van der Waals surface area contributed by atoms with Crippen molar-refractivity contribution in [1.29, 1.82) is 0 Å². The summed E-state index contributed by atoms with van der Waals surface area (Å²) in [6.45, 7) is 13.7. The molecular weight excluding hydrogens is 345 g/mol. The van der Waals surface area contributed by atoms with Crippen molar-refractivity contribution in [2.45, 2.75) is 41.5 Å². The summed E-state index contributed by atoms with van der Waals surface area (Å²) < 4.78 is 0. The van der Waals surface area contributed by atoms with Crippen LogP contribution in [0.3, 0.4) is 0 Å². The molecule has 0 atom stereocenters. The van der Waals surface area contributed by atoms with Crippen LogP contribution in [0.4, 0.5) is 0 Å². The Balaban J connectivity index is -0.000000183. The van der Waals surface area contributed by atoms with Crippen LogP contribution in [0, 0.1) is 0 Å². The van der Waals surface area contributed by atoms with E-state index in [4.69, 9.17) is 0 Å². The van der Waals surface area contributed by atoms with E-state index in [0.717, 1.165) is 0 Å². The Morgan fingerprint density at radius 1 is 0.562 bits per heavy atom. The normalized spacial score (nSPS) is 9.44. The van der Waals surface area contributed by atoms with Gasteiger partial charge in [-0.05, 0) is 37.0 Å². The summed E-state index contributed by atoms with van der Waals surface area (Å²) in [5.41, 5.74) is 0. The molecule has 0 N–H and O–H groups in total. The summed E-state index contributed by atoms with van der Waals surface area (Å²) in [4.78, 5) is 0. The molecule has 105 valence electrons. The average molecular weight is 375 g/mol. The van der Waals surface area contributed by atoms with Gasteiger partial charge in [0, 0.05) is 0 Å². The first-order valence-electron chi connectivity index (χ1n) is 6.26. The summed E-state index contributed by atoms with van der Waals surface area (Å²) in [5.74, 6) is 0. The Hall–Kier alpha value is 1.83. The number of hydrogen-bond acceptors (Lipinski definition) is 0. The van der Waals surface area contributed by atoms with Crippen molar-refractivity contribution in [2.24, 2.45) is 0 Å². The molecule has 0 fully saturated rings. The first-order chi connectivity index (χ1) is 7.69. The van der Waals surface area contributed by atoms with E-state index in [2.05, 4.69) is 69.5 Å². The van der Waals surface area contributed by atoms with Gasteiger partial charge in [0.2, 0.25) is 0 Å². The van der Waals surface area contributed by atoms with Gasteiger partial charge >= 0.3 is 27.9 Å². The molecule has 0 saturated heterocycles. The third-order valence-corrected chi connectivity index (χ3v) is 8.05. The Kier molecular flexibility index (Phi) is 31.7. The van der Waals surface area contributed by atoms with Crippen LogP contribution in [-0.2, 0) is 13.7 Å². The van der Waals surface area contributed by atoms with Crippen LogP contribution in [0.2, 0.25) is 0 Å². The number of hydrogen-bond donors (Lipinski definition) is 0. The monoisotopic (exact) mass is 373 g/mol. The second-order valence-corrected chi connectivity index (χ2v) is 9.72. The van der Waals surface area contributed by atoms with Gasteiger partial charge in [-0.25, -0.2) is 0 Å². The molecule has 0 heterocycles. The van der Waals surface area contributed by atoms with Crippen molar-refractivity contribution in [2.75, 3.05) is 37.0 Å². The van der Waals surface area contributed by atoms with Gasteiger partial charge in [0.15, 0.2) is 0 Å². The molecule has 16 heavy (non-hydrogen) atoms. The predicted molar refractivity (Wildman–Crippen MR) is 86.0 cm³/mol. The van der Waals surface area contributed by atoms with E-state index < -0.39 is 0 Å². The van der Waals surface area contributed by atoms with Crippen LogP contribution in [0.15, 0.2) is 0 Å². The first kappa shape index (κ1) is 23.0. The van der Waals surface area contributed by atoms with Gasteiger partial charge in [-0.3, -0.25) is 0 Å².